The Balaban J connectivity index is 1.47. The first-order chi connectivity index (χ1) is 13.1. The van der Waals surface area contributed by atoms with Crippen molar-refractivity contribution in [2.24, 2.45) is 0 Å². The van der Waals surface area contributed by atoms with E-state index in [-0.39, 0.29) is 12.3 Å². The average Bonchev–Trinajstić information content (AvgIpc) is 2.67. The number of nitrogens with one attached hydrogen (secondary N) is 1. The van der Waals surface area contributed by atoms with Crippen molar-refractivity contribution in [3.8, 4) is 17.2 Å². The molecule has 0 aromatic heterocycles. The Bertz CT molecular complexity index is 889. The topological polar surface area (TPSA) is 47.6 Å². The maximum absolute atomic E-state index is 12.1. The first-order valence-electron chi connectivity index (χ1n) is 8.93. The van der Waals surface area contributed by atoms with Crippen LogP contribution in [0.5, 0.6) is 17.2 Å². The largest absolute Gasteiger partial charge is 0.493 e. The monoisotopic (exact) mass is 361 g/mol. The molecule has 0 fully saturated rings. The van der Waals surface area contributed by atoms with Crippen LogP contribution in [-0.2, 0) is 4.79 Å². The van der Waals surface area contributed by atoms with E-state index in [4.69, 9.17) is 9.47 Å². The second-order valence-electron chi connectivity index (χ2n) is 6.36. The van der Waals surface area contributed by atoms with Gasteiger partial charge in [-0.2, -0.15) is 0 Å². The second kappa shape index (κ2) is 8.90. The minimum Gasteiger partial charge on any atom is -0.493 e. The van der Waals surface area contributed by atoms with Gasteiger partial charge in [0.2, 0.25) is 5.91 Å². The van der Waals surface area contributed by atoms with Gasteiger partial charge in [-0.25, -0.2) is 0 Å². The third-order valence-electron chi connectivity index (χ3n) is 4.05. The van der Waals surface area contributed by atoms with Crippen molar-refractivity contribution in [3.63, 3.8) is 0 Å². The van der Waals surface area contributed by atoms with Crippen LogP contribution in [0, 0.1) is 13.8 Å². The van der Waals surface area contributed by atoms with E-state index in [9.17, 15) is 4.79 Å². The van der Waals surface area contributed by atoms with Gasteiger partial charge in [0.15, 0.2) is 0 Å². The van der Waals surface area contributed by atoms with Crippen molar-refractivity contribution in [1.82, 2.24) is 0 Å². The zero-order valence-electron chi connectivity index (χ0n) is 15.6. The molecule has 3 aromatic carbocycles. The summed E-state index contributed by atoms with van der Waals surface area (Å²) in [6.07, 6.45) is 0.287. The zero-order valence-corrected chi connectivity index (χ0v) is 15.6. The predicted molar refractivity (Wildman–Crippen MR) is 108 cm³/mol. The molecule has 0 aliphatic heterocycles. The summed E-state index contributed by atoms with van der Waals surface area (Å²) in [5, 5.41) is 2.87. The molecule has 4 nitrogen and oxygen atoms in total. The molecule has 0 saturated carbocycles. The van der Waals surface area contributed by atoms with E-state index in [1.165, 1.54) is 0 Å². The quantitative estimate of drug-likeness (QED) is 0.604. The van der Waals surface area contributed by atoms with Crippen molar-refractivity contribution >= 4 is 11.6 Å². The van der Waals surface area contributed by atoms with Crippen LogP contribution in [0.2, 0.25) is 0 Å². The van der Waals surface area contributed by atoms with Gasteiger partial charge in [-0.1, -0.05) is 30.3 Å². The van der Waals surface area contributed by atoms with Gasteiger partial charge >= 0.3 is 0 Å². The van der Waals surface area contributed by atoms with E-state index in [0.29, 0.717) is 6.61 Å². The lowest BCUT2D eigenvalue weighted by Gasteiger charge is -2.11. The highest BCUT2D eigenvalue weighted by atomic mass is 16.5. The normalized spacial score (nSPS) is 10.3. The Morgan fingerprint density at radius 2 is 1.59 bits per heavy atom. The Kier molecular flexibility index (Phi) is 6.10. The molecule has 3 aromatic rings. The van der Waals surface area contributed by atoms with Gasteiger partial charge in [-0.15, -0.1) is 0 Å². The lowest BCUT2D eigenvalue weighted by atomic mass is 10.1. The summed E-state index contributed by atoms with van der Waals surface area (Å²) < 4.78 is 11.5. The molecule has 27 heavy (non-hydrogen) atoms. The molecular weight excluding hydrogens is 338 g/mol. The summed E-state index contributed by atoms with van der Waals surface area (Å²) in [4.78, 5) is 12.1. The van der Waals surface area contributed by atoms with Gasteiger partial charge in [0.25, 0.3) is 0 Å². The van der Waals surface area contributed by atoms with Gasteiger partial charge in [0, 0.05) is 5.69 Å². The first-order valence-corrected chi connectivity index (χ1v) is 8.93. The van der Waals surface area contributed by atoms with Crippen LogP contribution in [-0.4, -0.2) is 12.5 Å². The van der Waals surface area contributed by atoms with Crippen LogP contribution < -0.4 is 14.8 Å². The van der Waals surface area contributed by atoms with Crippen LogP contribution in [0.25, 0.3) is 0 Å². The average molecular weight is 361 g/mol. The number of hydrogen-bond donors (Lipinski definition) is 1. The molecule has 138 valence electrons. The lowest BCUT2D eigenvalue weighted by Crippen LogP contribution is -2.15. The molecule has 4 heteroatoms. The molecule has 0 bridgehead atoms. The van der Waals surface area contributed by atoms with E-state index in [0.717, 1.165) is 34.1 Å². The lowest BCUT2D eigenvalue weighted by molar-refractivity contribution is -0.116. The summed E-state index contributed by atoms with van der Waals surface area (Å²) in [6, 6.07) is 22.9. The molecule has 1 N–H and O–H groups in total. The van der Waals surface area contributed by atoms with Crippen LogP contribution in [0.1, 0.15) is 17.5 Å². The van der Waals surface area contributed by atoms with E-state index >= 15 is 0 Å². The first kappa shape index (κ1) is 18.5. The molecule has 0 aliphatic rings. The molecule has 0 radical (unpaired) electrons. The molecule has 1 amide bonds. The zero-order chi connectivity index (χ0) is 19.1. The van der Waals surface area contributed by atoms with Gasteiger partial charge in [0.05, 0.1) is 13.0 Å². The summed E-state index contributed by atoms with van der Waals surface area (Å²) >= 11 is 0. The fourth-order valence-corrected chi connectivity index (χ4v) is 2.57. The van der Waals surface area contributed by atoms with Gasteiger partial charge in [0.1, 0.15) is 17.2 Å². The number of carbonyl (C=O) groups is 1. The van der Waals surface area contributed by atoms with Crippen molar-refractivity contribution in [1.29, 1.82) is 0 Å². The summed E-state index contributed by atoms with van der Waals surface area (Å²) in [5.74, 6) is 2.23. The minimum absolute atomic E-state index is 0.0861. The minimum atomic E-state index is -0.0861. The number of rotatable bonds is 7. The Morgan fingerprint density at radius 3 is 2.33 bits per heavy atom. The van der Waals surface area contributed by atoms with Crippen LogP contribution in [0.4, 0.5) is 5.69 Å². The number of aryl methyl sites for hydroxylation is 2. The second-order valence-corrected chi connectivity index (χ2v) is 6.36. The third kappa shape index (κ3) is 5.61. The Hall–Kier alpha value is -3.27. The molecule has 0 heterocycles. The SMILES string of the molecule is Cc1ccc(C)c(OCCC(=O)Nc2ccc(Oc3ccccc3)cc2)c1. The van der Waals surface area contributed by atoms with Crippen molar-refractivity contribution in [2.45, 2.75) is 20.3 Å². The predicted octanol–water partition coefficient (Wildman–Crippen LogP) is 5.50. The fraction of sp³-hybridized carbons (Fsp3) is 0.174. The number of carbonyl (C=O) groups excluding carboxylic acids is 1. The Labute approximate surface area is 159 Å². The molecular formula is C23H23NO3. The molecule has 0 aliphatic carbocycles. The maximum Gasteiger partial charge on any atom is 0.227 e. The highest BCUT2D eigenvalue weighted by Crippen LogP contribution is 2.23. The van der Waals surface area contributed by atoms with Gasteiger partial charge in [-0.05, 0) is 67.4 Å². The van der Waals surface area contributed by atoms with Crippen molar-refractivity contribution in [3.05, 3.63) is 83.9 Å². The van der Waals surface area contributed by atoms with E-state index in [2.05, 4.69) is 5.32 Å². The summed E-state index contributed by atoms with van der Waals surface area (Å²) in [6.45, 7) is 4.35. The van der Waals surface area contributed by atoms with E-state index in [1.807, 2.05) is 86.6 Å². The summed E-state index contributed by atoms with van der Waals surface area (Å²) in [5.41, 5.74) is 2.93. The third-order valence-corrected chi connectivity index (χ3v) is 4.05. The van der Waals surface area contributed by atoms with E-state index < -0.39 is 0 Å². The fourth-order valence-electron chi connectivity index (χ4n) is 2.57. The highest BCUT2D eigenvalue weighted by molar-refractivity contribution is 5.90. The Morgan fingerprint density at radius 1 is 0.889 bits per heavy atom. The van der Waals surface area contributed by atoms with Gasteiger partial charge in [-0.3, -0.25) is 4.79 Å². The smallest absolute Gasteiger partial charge is 0.227 e. The number of anilines is 1. The molecule has 0 atom stereocenters. The number of hydrogen-bond acceptors (Lipinski definition) is 3. The van der Waals surface area contributed by atoms with Crippen molar-refractivity contribution in [2.75, 3.05) is 11.9 Å². The van der Waals surface area contributed by atoms with Gasteiger partial charge < -0.3 is 14.8 Å². The van der Waals surface area contributed by atoms with Crippen LogP contribution >= 0.6 is 0 Å². The number of amides is 1. The van der Waals surface area contributed by atoms with Crippen LogP contribution in [0.3, 0.4) is 0 Å². The standard InChI is InChI=1S/C23H23NO3/c1-17-8-9-18(2)22(16-17)26-15-14-23(25)24-19-10-12-21(13-11-19)27-20-6-4-3-5-7-20/h3-13,16H,14-15H2,1-2H3,(H,24,25). The highest BCUT2D eigenvalue weighted by Gasteiger charge is 2.05. The van der Waals surface area contributed by atoms with Crippen LogP contribution in [0.15, 0.2) is 72.8 Å². The molecule has 0 spiro atoms. The maximum atomic E-state index is 12.1. The number of para-hydroxylation sites is 1. The molecule has 0 saturated heterocycles. The van der Waals surface area contributed by atoms with Crippen molar-refractivity contribution < 1.29 is 14.3 Å². The molecule has 3 rings (SSSR count). The number of benzene rings is 3. The summed E-state index contributed by atoms with van der Waals surface area (Å²) in [7, 11) is 0. The molecule has 0 unspecified atom stereocenters. The number of ether oxygens (including phenoxy) is 2. The van der Waals surface area contributed by atoms with E-state index in [1.54, 1.807) is 0 Å².